The third-order valence-corrected chi connectivity index (χ3v) is 4.32. The van der Waals surface area contributed by atoms with Gasteiger partial charge in [0.2, 0.25) is 0 Å². The van der Waals surface area contributed by atoms with Gasteiger partial charge in [-0.25, -0.2) is 9.67 Å². The van der Waals surface area contributed by atoms with Crippen LogP contribution in [-0.4, -0.2) is 60.7 Å². The Morgan fingerprint density at radius 2 is 2.33 bits per heavy atom. The van der Waals surface area contributed by atoms with Gasteiger partial charge in [0, 0.05) is 45.7 Å². The maximum Gasteiger partial charge on any atom is 0.191 e. The van der Waals surface area contributed by atoms with Crippen LogP contribution in [0.1, 0.15) is 24.5 Å². The first kappa shape index (κ1) is 19.4. The van der Waals surface area contributed by atoms with Crippen molar-refractivity contribution in [2.24, 2.45) is 10.9 Å². The summed E-state index contributed by atoms with van der Waals surface area (Å²) >= 11 is 0. The summed E-state index contributed by atoms with van der Waals surface area (Å²) in [6.07, 6.45) is 3.07. The number of rotatable bonds is 5. The number of fused-ring (bicyclic) bond motifs is 1. The molecule has 0 aromatic carbocycles. The second-order valence-electron chi connectivity index (χ2n) is 6.12. The first-order valence-corrected chi connectivity index (χ1v) is 8.25. The summed E-state index contributed by atoms with van der Waals surface area (Å²) < 4.78 is 12.5. The lowest BCUT2D eigenvalue weighted by molar-refractivity contribution is 0.177. The minimum absolute atomic E-state index is 0. The Balaban J connectivity index is 0.00000208. The Bertz CT molecular complexity index is 544. The van der Waals surface area contributed by atoms with Crippen molar-refractivity contribution < 1.29 is 9.47 Å². The molecule has 2 atom stereocenters. The standard InChI is InChI=1S/C15H26N6O2.HI/c1-16-15(17-7-11-5-6-23-9-11)18-12-3-4-14-19-13(10-22-2)20-21(14)8-12;/h11-12H,3-10H2,1-2H3,(H2,16,17,18);1H. The zero-order chi connectivity index (χ0) is 16.1. The van der Waals surface area contributed by atoms with Crippen molar-refractivity contribution in [1.29, 1.82) is 0 Å². The highest BCUT2D eigenvalue weighted by Gasteiger charge is 2.23. The third-order valence-electron chi connectivity index (χ3n) is 4.32. The number of halogens is 1. The molecule has 0 bridgehead atoms. The molecule has 1 fully saturated rings. The molecule has 2 aliphatic heterocycles. The summed E-state index contributed by atoms with van der Waals surface area (Å²) in [5.41, 5.74) is 0. The van der Waals surface area contributed by atoms with E-state index in [1.165, 1.54) is 0 Å². The second-order valence-corrected chi connectivity index (χ2v) is 6.12. The number of nitrogens with zero attached hydrogens (tertiary/aromatic N) is 4. The molecule has 8 nitrogen and oxygen atoms in total. The summed E-state index contributed by atoms with van der Waals surface area (Å²) in [5.74, 6) is 3.23. The number of nitrogens with one attached hydrogen (secondary N) is 2. The number of ether oxygens (including phenoxy) is 2. The number of guanidine groups is 1. The van der Waals surface area contributed by atoms with E-state index in [1.807, 2.05) is 4.68 Å². The monoisotopic (exact) mass is 450 g/mol. The van der Waals surface area contributed by atoms with E-state index in [9.17, 15) is 0 Å². The third kappa shape index (κ3) is 5.03. The molecule has 0 radical (unpaired) electrons. The minimum atomic E-state index is 0. The lowest BCUT2D eigenvalue weighted by Crippen LogP contribution is -2.48. The van der Waals surface area contributed by atoms with E-state index >= 15 is 0 Å². The zero-order valence-corrected chi connectivity index (χ0v) is 16.7. The highest BCUT2D eigenvalue weighted by molar-refractivity contribution is 14.0. The highest BCUT2D eigenvalue weighted by atomic mass is 127. The fraction of sp³-hybridized carbons (Fsp3) is 0.800. The van der Waals surface area contributed by atoms with Gasteiger partial charge in [-0.2, -0.15) is 5.10 Å². The van der Waals surface area contributed by atoms with Gasteiger partial charge in [-0.15, -0.1) is 24.0 Å². The molecule has 1 aromatic rings. The SMILES string of the molecule is CN=C(NCC1CCOC1)NC1CCc2nc(COC)nn2C1.I. The number of aryl methyl sites for hydroxylation is 1. The molecular weight excluding hydrogens is 423 g/mol. The smallest absolute Gasteiger partial charge is 0.191 e. The van der Waals surface area contributed by atoms with Gasteiger partial charge in [0.15, 0.2) is 11.8 Å². The van der Waals surface area contributed by atoms with Crippen molar-refractivity contribution in [2.75, 3.05) is 33.9 Å². The minimum Gasteiger partial charge on any atom is -0.381 e. The molecule has 24 heavy (non-hydrogen) atoms. The van der Waals surface area contributed by atoms with Gasteiger partial charge in [0.05, 0.1) is 13.2 Å². The number of aliphatic imine (C=N–C) groups is 1. The molecule has 2 unspecified atom stereocenters. The molecule has 3 rings (SSSR count). The lowest BCUT2D eigenvalue weighted by Gasteiger charge is -2.25. The van der Waals surface area contributed by atoms with Crippen LogP contribution >= 0.6 is 24.0 Å². The van der Waals surface area contributed by atoms with Crippen molar-refractivity contribution in [2.45, 2.75) is 38.5 Å². The lowest BCUT2D eigenvalue weighted by atomic mass is 10.1. The summed E-state index contributed by atoms with van der Waals surface area (Å²) in [7, 11) is 3.47. The van der Waals surface area contributed by atoms with E-state index in [0.29, 0.717) is 18.6 Å². The van der Waals surface area contributed by atoms with Crippen LogP contribution in [0.5, 0.6) is 0 Å². The quantitative estimate of drug-likeness (QED) is 0.388. The zero-order valence-electron chi connectivity index (χ0n) is 14.3. The first-order valence-electron chi connectivity index (χ1n) is 8.25. The Hall–Kier alpha value is -0.940. The number of aromatic nitrogens is 3. The normalized spacial score (nSPS) is 23.5. The van der Waals surface area contributed by atoms with Crippen LogP contribution in [0.15, 0.2) is 4.99 Å². The molecule has 3 heterocycles. The topological polar surface area (TPSA) is 85.6 Å². The molecule has 0 amide bonds. The van der Waals surface area contributed by atoms with Crippen molar-refractivity contribution in [3.8, 4) is 0 Å². The van der Waals surface area contributed by atoms with Crippen LogP contribution < -0.4 is 10.6 Å². The molecule has 136 valence electrons. The van der Waals surface area contributed by atoms with E-state index in [-0.39, 0.29) is 24.0 Å². The van der Waals surface area contributed by atoms with Gasteiger partial charge in [0.25, 0.3) is 0 Å². The van der Waals surface area contributed by atoms with Gasteiger partial charge in [-0.1, -0.05) is 0 Å². The van der Waals surface area contributed by atoms with Gasteiger partial charge in [-0.3, -0.25) is 4.99 Å². The maximum atomic E-state index is 5.41. The molecular formula is C15H27IN6O2. The summed E-state index contributed by atoms with van der Waals surface area (Å²) in [5, 5.41) is 11.4. The summed E-state index contributed by atoms with van der Waals surface area (Å²) in [4.78, 5) is 8.82. The van der Waals surface area contributed by atoms with Crippen molar-refractivity contribution in [3.63, 3.8) is 0 Å². The van der Waals surface area contributed by atoms with Crippen molar-refractivity contribution in [1.82, 2.24) is 25.4 Å². The van der Waals surface area contributed by atoms with E-state index in [4.69, 9.17) is 9.47 Å². The Kier molecular flexibility index (Phi) is 7.69. The number of hydrogen-bond donors (Lipinski definition) is 2. The molecule has 0 spiro atoms. The predicted molar refractivity (Wildman–Crippen MR) is 102 cm³/mol. The average molecular weight is 450 g/mol. The van der Waals surface area contributed by atoms with Crippen LogP contribution in [0, 0.1) is 5.92 Å². The Labute approximate surface area is 159 Å². The van der Waals surface area contributed by atoms with E-state index in [0.717, 1.165) is 63.2 Å². The van der Waals surface area contributed by atoms with Crippen molar-refractivity contribution in [3.05, 3.63) is 11.6 Å². The average Bonchev–Trinajstić information content (AvgIpc) is 3.20. The maximum absolute atomic E-state index is 5.41. The van der Waals surface area contributed by atoms with Crippen LogP contribution in [-0.2, 0) is 29.0 Å². The van der Waals surface area contributed by atoms with Gasteiger partial charge in [0.1, 0.15) is 12.4 Å². The van der Waals surface area contributed by atoms with Crippen LogP contribution in [0.3, 0.4) is 0 Å². The Morgan fingerprint density at radius 3 is 3.04 bits per heavy atom. The van der Waals surface area contributed by atoms with E-state index in [2.05, 4.69) is 25.7 Å². The fourth-order valence-electron chi connectivity index (χ4n) is 3.04. The van der Waals surface area contributed by atoms with E-state index in [1.54, 1.807) is 14.2 Å². The molecule has 2 aliphatic rings. The van der Waals surface area contributed by atoms with Gasteiger partial charge < -0.3 is 20.1 Å². The number of methoxy groups -OCH3 is 1. The molecule has 9 heteroatoms. The largest absolute Gasteiger partial charge is 0.381 e. The first-order chi connectivity index (χ1) is 11.3. The molecule has 1 aromatic heterocycles. The van der Waals surface area contributed by atoms with Gasteiger partial charge in [-0.05, 0) is 12.8 Å². The highest BCUT2D eigenvalue weighted by Crippen LogP contribution is 2.14. The van der Waals surface area contributed by atoms with Crippen LogP contribution in [0.2, 0.25) is 0 Å². The van der Waals surface area contributed by atoms with Crippen LogP contribution in [0.4, 0.5) is 0 Å². The molecule has 2 N–H and O–H groups in total. The second kappa shape index (κ2) is 9.52. The molecule has 0 aliphatic carbocycles. The fourth-order valence-corrected chi connectivity index (χ4v) is 3.04. The van der Waals surface area contributed by atoms with Gasteiger partial charge >= 0.3 is 0 Å². The predicted octanol–water partition coefficient (Wildman–Crippen LogP) is 0.559. The summed E-state index contributed by atoms with van der Waals surface area (Å²) in [6, 6.07) is 0.311. The molecule has 1 saturated heterocycles. The summed E-state index contributed by atoms with van der Waals surface area (Å²) in [6.45, 7) is 3.89. The molecule has 0 saturated carbocycles. The number of hydrogen-bond acceptors (Lipinski definition) is 5. The van der Waals surface area contributed by atoms with Crippen molar-refractivity contribution >= 4 is 29.9 Å². The Morgan fingerprint density at radius 1 is 1.46 bits per heavy atom. The van der Waals surface area contributed by atoms with E-state index < -0.39 is 0 Å². The van der Waals surface area contributed by atoms with Crippen LogP contribution in [0.25, 0.3) is 0 Å².